The van der Waals surface area contributed by atoms with Gasteiger partial charge in [-0.25, -0.2) is 0 Å². The van der Waals surface area contributed by atoms with Crippen LogP contribution in [-0.2, 0) is 11.2 Å². The SMILES string of the molecule is CCNC(Cc1cccc(Cl)c1)C(CC)OC. The topological polar surface area (TPSA) is 21.3 Å². The molecule has 0 aliphatic heterocycles. The third-order valence-electron chi connectivity index (χ3n) is 2.96. The molecule has 0 fully saturated rings. The van der Waals surface area contributed by atoms with Crippen molar-refractivity contribution < 1.29 is 4.74 Å². The average molecular weight is 256 g/mol. The Labute approximate surface area is 109 Å². The molecule has 1 rings (SSSR count). The largest absolute Gasteiger partial charge is 0.380 e. The molecule has 0 bridgehead atoms. The maximum Gasteiger partial charge on any atom is 0.0724 e. The summed E-state index contributed by atoms with van der Waals surface area (Å²) in [4.78, 5) is 0. The van der Waals surface area contributed by atoms with E-state index in [1.54, 1.807) is 7.11 Å². The number of hydrogen-bond donors (Lipinski definition) is 1. The molecule has 0 saturated heterocycles. The van der Waals surface area contributed by atoms with Crippen LogP contribution < -0.4 is 5.32 Å². The summed E-state index contributed by atoms with van der Waals surface area (Å²) in [5, 5.41) is 4.28. The summed E-state index contributed by atoms with van der Waals surface area (Å²) in [5.41, 5.74) is 1.25. The number of likely N-dealkylation sites (N-methyl/N-ethyl adjacent to an activating group) is 1. The predicted molar refractivity (Wildman–Crippen MR) is 73.7 cm³/mol. The van der Waals surface area contributed by atoms with E-state index >= 15 is 0 Å². The van der Waals surface area contributed by atoms with Crippen molar-refractivity contribution in [3.8, 4) is 0 Å². The van der Waals surface area contributed by atoms with Crippen molar-refractivity contribution in [1.29, 1.82) is 0 Å². The Morgan fingerprint density at radius 2 is 2.12 bits per heavy atom. The van der Waals surface area contributed by atoms with Crippen LogP contribution in [-0.4, -0.2) is 25.8 Å². The van der Waals surface area contributed by atoms with Crippen LogP contribution in [0.25, 0.3) is 0 Å². The summed E-state index contributed by atoms with van der Waals surface area (Å²) in [6.07, 6.45) is 2.20. The van der Waals surface area contributed by atoms with E-state index in [2.05, 4.69) is 25.2 Å². The van der Waals surface area contributed by atoms with Crippen LogP contribution in [0.1, 0.15) is 25.8 Å². The highest BCUT2D eigenvalue weighted by Gasteiger charge is 2.18. The molecule has 17 heavy (non-hydrogen) atoms. The van der Waals surface area contributed by atoms with Crippen LogP contribution in [0, 0.1) is 0 Å². The Morgan fingerprint density at radius 3 is 2.65 bits per heavy atom. The lowest BCUT2D eigenvalue weighted by atomic mass is 9.99. The van der Waals surface area contributed by atoms with Crippen molar-refractivity contribution in [1.82, 2.24) is 5.32 Å². The molecule has 0 saturated carbocycles. The van der Waals surface area contributed by atoms with E-state index in [1.807, 2.05) is 18.2 Å². The summed E-state index contributed by atoms with van der Waals surface area (Å²) in [6, 6.07) is 8.37. The second-order valence-electron chi connectivity index (χ2n) is 4.18. The number of halogens is 1. The number of nitrogens with one attached hydrogen (secondary N) is 1. The van der Waals surface area contributed by atoms with E-state index in [0.717, 1.165) is 24.4 Å². The highest BCUT2D eigenvalue weighted by atomic mass is 35.5. The van der Waals surface area contributed by atoms with Gasteiger partial charge in [-0.2, -0.15) is 0 Å². The zero-order valence-corrected chi connectivity index (χ0v) is 11.6. The minimum atomic E-state index is 0.244. The highest BCUT2D eigenvalue weighted by Crippen LogP contribution is 2.15. The van der Waals surface area contributed by atoms with Crippen molar-refractivity contribution in [3.05, 3.63) is 34.9 Å². The minimum Gasteiger partial charge on any atom is -0.380 e. The molecular formula is C14H22ClNO. The number of ether oxygens (including phenoxy) is 1. The molecule has 2 unspecified atom stereocenters. The van der Waals surface area contributed by atoms with Crippen molar-refractivity contribution in [2.75, 3.05) is 13.7 Å². The highest BCUT2D eigenvalue weighted by molar-refractivity contribution is 6.30. The molecule has 1 N–H and O–H groups in total. The van der Waals surface area contributed by atoms with Gasteiger partial charge in [0, 0.05) is 18.2 Å². The van der Waals surface area contributed by atoms with E-state index in [-0.39, 0.29) is 6.10 Å². The zero-order valence-electron chi connectivity index (χ0n) is 10.9. The fourth-order valence-electron chi connectivity index (χ4n) is 2.13. The number of benzene rings is 1. The predicted octanol–water partition coefficient (Wildman–Crippen LogP) is 3.29. The molecular weight excluding hydrogens is 234 g/mol. The first-order valence-electron chi connectivity index (χ1n) is 6.21. The molecule has 2 atom stereocenters. The van der Waals surface area contributed by atoms with Crippen LogP contribution in [0.5, 0.6) is 0 Å². The quantitative estimate of drug-likeness (QED) is 0.807. The van der Waals surface area contributed by atoms with Crippen molar-refractivity contribution in [2.24, 2.45) is 0 Å². The molecule has 0 radical (unpaired) electrons. The van der Waals surface area contributed by atoms with E-state index < -0.39 is 0 Å². The Kier molecular flexibility index (Phi) is 6.56. The molecule has 0 aliphatic carbocycles. The second-order valence-corrected chi connectivity index (χ2v) is 4.62. The van der Waals surface area contributed by atoms with E-state index in [4.69, 9.17) is 16.3 Å². The lowest BCUT2D eigenvalue weighted by Gasteiger charge is -2.26. The maximum absolute atomic E-state index is 6.00. The summed E-state index contributed by atoms with van der Waals surface area (Å²) in [6.45, 7) is 5.22. The standard InChI is InChI=1S/C14H22ClNO/c1-4-14(17-3)13(16-5-2)10-11-7-6-8-12(15)9-11/h6-9,13-14,16H,4-5,10H2,1-3H3. The molecule has 0 aliphatic rings. The monoisotopic (exact) mass is 255 g/mol. The summed E-state index contributed by atoms with van der Waals surface area (Å²) in [7, 11) is 1.77. The van der Waals surface area contributed by atoms with Gasteiger partial charge in [0.15, 0.2) is 0 Å². The lowest BCUT2D eigenvalue weighted by Crippen LogP contribution is -2.42. The summed E-state index contributed by atoms with van der Waals surface area (Å²) >= 11 is 6.00. The lowest BCUT2D eigenvalue weighted by molar-refractivity contribution is 0.0658. The molecule has 0 heterocycles. The Morgan fingerprint density at radius 1 is 1.35 bits per heavy atom. The maximum atomic E-state index is 6.00. The first kappa shape index (κ1) is 14.5. The van der Waals surface area contributed by atoms with Gasteiger partial charge in [-0.1, -0.05) is 37.6 Å². The molecule has 1 aromatic rings. The van der Waals surface area contributed by atoms with Gasteiger partial charge in [-0.05, 0) is 37.1 Å². The van der Waals surface area contributed by atoms with Crippen LogP contribution in [0.3, 0.4) is 0 Å². The third kappa shape index (κ3) is 4.66. The molecule has 96 valence electrons. The third-order valence-corrected chi connectivity index (χ3v) is 3.20. The van der Waals surface area contributed by atoms with Crippen LogP contribution in [0.15, 0.2) is 24.3 Å². The van der Waals surface area contributed by atoms with Crippen LogP contribution in [0.4, 0.5) is 0 Å². The van der Waals surface area contributed by atoms with Gasteiger partial charge < -0.3 is 10.1 Å². The fraction of sp³-hybridized carbons (Fsp3) is 0.571. The minimum absolute atomic E-state index is 0.244. The van der Waals surface area contributed by atoms with E-state index in [0.29, 0.717) is 6.04 Å². The van der Waals surface area contributed by atoms with E-state index in [1.165, 1.54) is 5.56 Å². The van der Waals surface area contributed by atoms with Gasteiger partial charge in [0.25, 0.3) is 0 Å². The zero-order chi connectivity index (χ0) is 12.7. The van der Waals surface area contributed by atoms with Gasteiger partial charge in [0.05, 0.1) is 6.10 Å². The molecule has 0 aromatic heterocycles. The van der Waals surface area contributed by atoms with Crippen LogP contribution in [0.2, 0.25) is 5.02 Å². The normalized spacial score (nSPS) is 14.6. The molecule has 0 spiro atoms. The number of rotatable bonds is 7. The first-order valence-corrected chi connectivity index (χ1v) is 6.59. The molecule has 0 amide bonds. The first-order chi connectivity index (χ1) is 8.21. The molecule has 2 nitrogen and oxygen atoms in total. The molecule has 3 heteroatoms. The van der Waals surface area contributed by atoms with Crippen molar-refractivity contribution in [2.45, 2.75) is 38.8 Å². The molecule has 1 aromatic carbocycles. The number of hydrogen-bond acceptors (Lipinski definition) is 2. The van der Waals surface area contributed by atoms with Crippen molar-refractivity contribution in [3.63, 3.8) is 0 Å². The summed E-state index contributed by atoms with van der Waals surface area (Å²) < 4.78 is 5.52. The smallest absolute Gasteiger partial charge is 0.0724 e. The Balaban J connectivity index is 2.71. The van der Waals surface area contributed by atoms with Gasteiger partial charge in [0.1, 0.15) is 0 Å². The number of methoxy groups -OCH3 is 1. The average Bonchev–Trinajstić information content (AvgIpc) is 2.31. The van der Waals surface area contributed by atoms with Gasteiger partial charge in [0.2, 0.25) is 0 Å². The summed E-state index contributed by atoms with van der Waals surface area (Å²) in [5.74, 6) is 0. The van der Waals surface area contributed by atoms with Crippen molar-refractivity contribution >= 4 is 11.6 Å². The van der Waals surface area contributed by atoms with Gasteiger partial charge >= 0.3 is 0 Å². The fourth-order valence-corrected chi connectivity index (χ4v) is 2.34. The Bertz CT molecular complexity index is 326. The second kappa shape index (κ2) is 7.70. The van der Waals surface area contributed by atoms with E-state index in [9.17, 15) is 0 Å². The Hall–Kier alpha value is -0.570. The van der Waals surface area contributed by atoms with Gasteiger partial charge in [-0.15, -0.1) is 0 Å². The van der Waals surface area contributed by atoms with Crippen LogP contribution >= 0.6 is 11.6 Å². The van der Waals surface area contributed by atoms with Gasteiger partial charge in [-0.3, -0.25) is 0 Å².